The minimum atomic E-state index is -0.401. The molecule has 0 unspecified atom stereocenters. The van der Waals surface area contributed by atoms with Crippen LogP contribution in [0.1, 0.15) is 31.1 Å². The monoisotopic (exact) mass is 224 g/mol. The molecule has 4 nitrogen and oxygen atoms in total. The van der Waals surface area contributed by atoms with Crippen LogP contribution in [0.4, 0.5) is 5.69 Å². The summed E-state index contributed by atoms with van der Waals surface area (Å²) < 4.78 is 0. The molecular formula is C12H20N2O2. The van der Waals surface area contributed by atoms with E-state index in [0.29, 0.717) is 5.56 Å². The summed E-state index contributed by atoms with van der Waals surface area (Å²) in [5, 5.41) is 2.91. The van der Waals surface area contributed by atoms with Crippen molar-refractivity contribution in [1.82, 2.24) is 0 Å². The van der Waals surface area contributed by atoms with Gasteiger partial charge in [-0.1, -0.05) is 19.9 Å². The topological polar surface area (TPSA) is 72.2 Å². The number of rotatable bonds is 2. The highest BCUT2D eigenvalue weighted by Gasteiger charge is 1.98. The molecule has 0 aliphatic rings. The van der Waals surface area contributed by atoms with E-state index in [1.54, 1.807) is 25.2 Å². The van der Waals surface area contributed by atoms with Crippen LogP contribution in [0, 0.1) is 0 Å². The molecule has 1 amide bonds. The average molecular weight is 224 g/mol. The molecule has 0 heterocycles. The second-order valence-corrected chi connectivity index (χ2v) is 2.43. The van der Waals surface area contributed by atoms with Gasteiger partial charge in [0.15, 0.2) is 0 Å². The van der Waals surface area contributed by atoms with E-state index in [0.717, 1.165) is 12.0 Å². The van der Waals surface area contributed by atoms with Crippen LogP contribution in [0.25, 0.3) is 0 Å². The first kappa shape index (κ1) is 16.6. The van der Waals surface area contributed by atoms with E-state index in [4.69, 9.17) is 10.5 Å². The number of primary amides is 1. The molecule has 1 aromatic carbocycles. The Hall–Kier alpha value is -1.84. The summed E-state index contributed by atoms with van der Waals surface area (Å²) in [6, 6.07) is 7.05. The van der Waals surface area contributed by atoms with Crippen LogP contribution >= 0.6 is 0 Å². The Kier molecular flexibility index (Phi) is 11.6. The quantitative estimate of drug-likeness (QED) is 0.755. The first-order chi connectivity index (χ1) is 7.65. The molecule has 4 heteroatoms. The highest BCUT2D eigenvalue weighted by molar-refractivity contribution is 5.93. The number of hydrogen-bond acceptors (Lipinski definition) is 3. The maximum Gasteiger partial charge on any atom is 0.248 e. The molecule has 0 saturated heterocycles. The van der Waals surface area contributed by atoms with Gasteiger partial charge in [0.1, 0.15) is 6.29 Å². The SMILES string of the molecule is CC.CC=O.CNc1cccc(C(N)=O)c1. The number of carbonyl (C=O) groups excluding carboxylic acids is 2. The number of hydrogen-bond donors (Lipinski definition) is 2. The summed E-state index contributed by atoms with van der Waals surface area (Å²) >= 11 is 0. The average Bonchev–Trinajstić information content (AvgIpc) is 2.33. The molecule has 0 fully saturated rings. The molecule has 0 aromatic heterocycles. The van der Waals surface area contributed by atoms with Crippen molar-refractivity contribution in [2.75, 3.05) is 12.4 Å². The van der Waals surface area contributed by atoms with Crippen LogP contribution in [0.5, 0.6) is 0 Å². The van der Waals surface area contributed by atoms with Crippen molar-refractivity contribution in [2.24, 2.45) is 5.73 Å². The van der Waals surface area contributed by atoms with E-state index >= 15 is 0 Å². The zero-order valence-electron chi connectivity index (χ0n) is 10.3. The molecule has 0 atom stereocenters. The van der Waals surface area contributed by atoms with E-state index in [2.05, 4.69) is 5.32 Å². The zero-order chi connectivity index (χ0) is 13.0. The van der Waals surface area contributed by atoms with Gasteiger partial charge in [0.25, 0.3) is 0 Å². The number of benzene rings is 1. The molecule has 1 rings (SSSR count). The third-order valence-electron chi connectivity index (χ3n) is 1.44. The van der Waals surface area contributed by atoms with Crippen molar-refractivity contribution in [3.8, 4) is 0 Å². The van der Waals surface area contributed by atoms with Gasteiger partial charge in [-0.2, -0.15) is 0 Å². The number of amides is 1. The number of anilines is 1. The Labute approximate surface area is 96.8 Å². The maximum atomic E-state index is 10.7. The zero-order valence-corrected chi connectivity index (χ0v) is 10.3. The van der Waals surface area contributed by atoms with Crippen molar-refractivity contribution in [3.63, 3.8) is 0 Å². The molecule has 0 radical (unpaired) electrons. The summed E-state index contributed by atoms with van der Waals surface area (Å²) in [4.78, 5) is 19.5. The van der Waals surface area contributed by atoms with Gasteiger partial charge < -0.3 is 15.8 Å². The first-order valence-electron chi connectivity index (χ1n) is 5.13. The molecule has 0 aliphatic carbocycles. The van der Waals surface area contributed by atoms with Crippen LogP contribution < -0.4 is 11.1 Å². The summed E-state index contributed by atoms with van der Waals surface area (Å²) in [6.45, 7) is 5.44. The van der Waals surface area contributed by atoms with Crippen LogP contribution in [-0.4, -0.2) is 19.2 Å². The van der Waals surface area contributed by atoms with Crippen molar-refractivity contribution < 1.29 is 9.59 Å². The molecule has 0 spiro atoms. The lowest BCUT2D eigenvalue weighted by Crippen LogP contribution is -2.10. The Morgan fingerprint density at radius 2 is 1.88 bits per heavy atom. The molecule has 1 aromatic rings. The fourth-order valence-corrected chi connectivity index (χ4v) is 0.828. The predicted octanol–water partition coefficient (Wildman–Crippen LogP) is 2.06. The largest absolute Gasteiger partial charge is 0.388 e. The first-order valence-corrected chi connectivity index (χ1v) is 5.13. The molecule has 3 N–H and O–H groups in total. The molecule has 16 heavy (non-hydrogen) atoms. The van der Waals surface area contributed by atoms with E-state index < -0.39 is 5.91 Å². The molecule has 0 saturated carbocycles. The van der Waals surface area contributed by atoms with Gasteiger partial charge in [0.2, 0.25) is 5.91 Å². The number of aldehydes is 1. The van der Waals surface area contributed by atoms with E-state index in [9.17, 15) is 4.79 Å². The van der Waals surface area contributed by atoms with Crippen LogP contribution in [0.2, 0.25) is 0 Å². The van der Waals surface area contributed by atoms with Crippen molar-refractivity contribution in [1.29, 1.82) is 0 Å². The van der Waals surface area contributed by atoms with Gasteiger partial charge in [-0.05, 0) is 25.1 Å². The van der Waals surface area contributed by atoms with Gasteiger partial charge in [-0.3, -0.25) is 4.79 Å². The van der Waals surface area contributed by atoms with Gasteiger partial charge >= 0.3 is 0 Å². The second kappa shape index (κ2) is 11.2. The van der Waals surface area contributed by atoms with E-state index in [-0.39, 0.29) is 0 Å². The van der Waals surface area contributed by atoms with E-state index in [1.165, 1.54) is 6.92 Å². The number of carbonyl (C=O) groups is 2. The number of nitrogens with one attached hydrogen (secondary N) is 1. The summed E-state index contributed by atoms with van der Waals surface area (Å²) in [6.07, 6.45) is 0.750. The Morgan fingerprint density at radius 1 is 1.38 bits per heavy atom. The van der Waals surface area contributed by atoms with Gasteiger partial charge in [0, 0.05) is 18.3 Å². The number of nitrogens with two attached hydrogens (primary N) is 1. The Morgan fingerprint density at radius 3 is 2.25 bits per heavy atom. The fourth-order valence-electron chi connectivity index (χ4n) is 0.828. The normalized spacial score (nSPS) is 7.50. The van der Waals surface area contributed by atoms with Crippen LogP contribution in [-0.2, 0) is 4.79 Å². The molecular weight excluding hydrogens is 204 g/mol. The van der Waals surface area contributed by atoms with Crippen LogP contribution in [0.15, 0.2) is 24.3 Å². The highest BCUT2D eigenvalue weighted by atomic mass is 16.1. The maximum absolute atomic E-state index is 10.7. The highest BCUT2D eigenvalue weighted by Crippen LogP contribution is 2.08. The lowest BCUT2D eigenvalue weighted by Gasteiger charge is -2.00. The third kappa shape index (κ3) is 7.55. The van der Waals surface area contributed by atoms with Gasteiger partial charge in [-0.15, -0.1) is 0 Å². The minimum Gasteiger partial charge on any atom is -0.388 e. The molecule has 0 aliphatic heterocycles. The smallest absolute Gasteiger partial charge is 0.248 e. The van der Waals surface area contributed by atoms with Crippen molar-refractivity contribution in [3.05, 3.63) is 29.8 Å². The predicted molar refractivity (Wildman–Crippen MR) is 67.6 cm³/mol. The lowest BCUT2D eigenvalue weighted by molar-refractivity contribution is -0.106. The van der Waals surface area contributed by atoms with Crippen molar-refractivity contribution >= 4 is 17.9 Å². The third-order valence-corrected chi connectivity index (χ3v) is 1.44. The summed E-state index contributed by atoms with van der Waals surface area (Å²) in [5.74, 6) is -0.401. The van der Waals surface area contributed by atoms with E-state index in [1.807, 2.05) is 19.9 Å². The molecule has 90 valence electrons. The van der Waals surface area contributed by atoms with Crippen molar-refractivity contribution in [2.45, 2.75) is 20.8 Å². The standard InChI is InChI=1S/C8H10N2O.C2H4O.C2H6/c1-10-7-4-2-3-6(5-7)8(9)11;1-2-3;1-2/h2-5,10H,1H3,(H2,9,11);2H,1H3;1-2H3. The van der Waals surface area contributed by atoms with Gasteiger partial charge in [0.05, 0.1) is 0 Å². The van der Waals surface area contributed by atoms with Gasteiger partial charge in [-0.25, -0.2) is 0 Å². The fraction of sp³-hybridized carbons (Fsp3) is 0.333. The van der Waals surface area contributed by atoms with Crippen LogP contribution in [0.3, 0.4) is 0 Å². The Balaban J connectivity index is 0. The summed E-state index contributed by atoms with van der Waals surface area (Å²) in [7, 11) is 1.79. The molecule has 0 bridgehead atoms. The summed E-state index contributed by atoms with van der Waals surface area (Å²) in [5.41, 5.74) is 6.49. The second-order valence-electron chi connectivity index (χ2n) is 2.43. The minimum absolute atomic E-state index is 0.401. The Bertz CT molecular complexity index is 312. The lowest BCUT2D eigenvalue weighted by atomic mass is 10.2.